The van der Waals surface area contributed by atoms with Crippen LogP contribution in [0.1, 0.15) is 25.8 Å². The lowest BCUT2D eigenvalue weighted by molar-refractivity contribution is 0.587. The summed E-state index contributed by atoms with van der Waals surface area (Å²) in [6.45, 7) is 6.58. The van der Waals surface area contributed by atoms with E-state index in [4.69, 9.17) is 4.98 Å². The van der Waals surface area contributed by atoms with E-state index in [1.165, 1.54) is 9.71 Å². The predicted molar refractivity (Wildman–Crippen MR) is 68.0 cm³/mol. The molecule has 16 heavy (non-hydrogen) atoms. The van der Waals surface area contributed by atoms with Crippen LogP contribution in [0.2, 0.25) is 0 Å². The first-order valence-electron chi connectivity index (χ1n) is 5.29. The Balaban J connectivity index is 2.39. The van der Waals surface area contributed by atoms with E-state index in [9.17, 15) is 0 Å². The molecule has 0 fully saturated rings. The van der Waals surface area contributed by atoms with Crippen molar-refractivity contribution >= 4 is 32.5 Å². The van der Waals surface area contributed by atoms with E-state index in [0.29, 0.717) is 0 Å². The number of hydrogen-bond acceptors (Lipinski definition) is 3. The molecule has 3 aromatic rings. The molecule has 0 aliphatic heterocycles. The van der Waals surface area contributed by atoms with Crippen molar-refractivity contribution in [1.29, 1.82) is 0 Å². The molecule has 0 bridgehead atoms. The Bertz CT molecular complexity index is 658. The molecule has 2 heterocycles. The van der Waals surface area contributed by atoms with Crippen LogP contribution in [0.15, 0.2) is 18.3 Å². The molecule has 0 saturated carbocycles. The SMILES string of the molecule is CC(C)(C)c1nc2c(ccc3[nH]ncc32)s1. The highest BCUT2D eigenvalue weighted by atomic mass is 32.1. The number of rotatable bonds is 0. The molecule has 82 valence electrons. The van der Waals surface area contributed by atoms with E-state index in [1.54, 1.807) is 11.3 Å². The Kier molecular flexibility index (Phi) is 1.86. The van der Waals surface area contributed by atoms with Crippen LogP contribution >= 0.6 is 11.3 Å². The molecular weight excluding hydrogens is 218 g/mol. The van der Waals surface area contributed by atoms with Gasteiger partial charge in [-0.05, 0) is 12.1 Å². The molecule has 0 radical (unpaired) electrons. The number of hydrogen-bond donors (Lipinski definition) is 1. The molecule has 1 aromatic carbocycles. The summed E-state index contributed by atoms with van der Waals surface area (Å²) in [4.78, 5) is 4.74. The zero-order valence-corrected chi connectivity index (χ0v) is 10.4. The molecule has 0 amide bonds. The monoisotopic (exact) mass is 231 g/mol. The third-order valence-electron chi connectivity index (χ3n) is 2.62. The van der Waals surface area contributed by atoms with Gasteiger partial charge in [-0.25, -0.2) is 4.98 Å². The summed E-state index contributed by atoms with van der Waals surface area (Å²) in [6.07, 6.45) is 1.85. The molecule has 0 aliphatic carbocycles. The first kappa shape index (κ1) is 9.78. The van der Waals surface area contributed by atoms with Crippen LogP contribution in [0.4, 0.5) is 0 Å². The number of benzene rings is 1. The van der Waals surface area contributed by atoms with Crippen molar-refractivity contribution in [2.75, 3.05) is 0 Å². The minimum atomic E-state index is 0.111. The van der Waals surface area contributed by atoms with Gasteiger partial charge in [0, 0.05) is 10.8 Å². The highest BCUT2D eigenvalue weighted by Gasteiger charge is 2.19. The zero-order chi connectivity index (χ0) is 11.3. The molecule has 1 N–H and O–H groups in total. The summed E-state index contributed by atoms with van der Waals surface area (Å²) < 4.78 is 1.24. The van der Waals surface area contributed by atoms with Gasteiger partial charge in [0.25, 0.3) is 0 Å². The van der Waals surface area contributed by atoms with Crippen molar-refractivity contribution in [3.8, 4) is 0 Å². The average molecular weight is 231 g/mol. The summed E-state index contributed by atoms with van der Waals surface area (Å²) in [7, 11) is 0. The second-order valence-electron chi connectivity index (χ2n) is 5.01. The van der Waals surface area contributed by atoms with E-state index in [0.717, 1.165) is 16.4 Å². The molecule has 0 unspecified atom stereocenters. The lowest BCUT2D eigenvalue weighted by atomic mass is 9.98. The van der Waals surface area contributed by atoms with E-state index in [2.05, 4.69) is 43.1 Å². The Morgan fingerprint density at radius 3 is 2.81 bits per heavy atom. The number of thiazole rings is 1. The molecule has 0 atom stereocenters. The topological polar surface area (TPSA) is 41.6 Å². The van der Waals surface area contributed by atoms with Gasteiger partial charge in [-0.3, -0.25) is 5.10 Å². The predicted octanol–water partition coefficient (Wildman–Crippen LogP) is 3.47. The standard InChI is InChI=1S/C12H13N3S/c1-12(2,3)11-14-10-7-6-13-15-8(7)4-5-9(10)16-11/h4-6H,1-3H3,(H,13,15). The van der Waals surface area contributed by atoms with Gasteiger partial charge in [0.2, 0.25) is 0 Å². The molecular formula is C12H13N3S. The number of nitrogens with zero attached hydrogens (tertiary/aromatic N) is 2. The molecule has 0 saturated heterocycles. The second-order valence-corrected chi connectivity index (χ2v) is 6.04. The fourth-order valence-corrected chi connectivity index (χ4v) is 2.77. The van der Waals surface area contributed by atoms with Crippen molar-refractivity contribution in [1.82, 2.24) is 15.2 Å². The molecule has 0 spiro atoms. The van der Waals surface area contributed by atoms with Crippen LogP contribution < -0.4 is 0 Å². The first-order valence-corrected chi connectivity index (χ1v) is 6.10. The lowest BCUT2D eigenvalue weighted by Crippen LogP contribution is -2.09. The third kappa shape index (κ3) is 1.33. The van der Waals surface area contributed by atoms with E-state index in [-0.39, 0.29) is 5.41 Å². The van der Waals surface area contributed by atoms with Gasteiger partial charge in [0.15, 0.2) is 0 Å². The number of aromatic amines is 1. The molecule has 0 aliphatic rings. The smallest absolute Gasteiger partial charge is 0.0992 e. The van der Waals surface area contributed by atoms with Crippen molar-refractivity contribution in [2.24, 2.45) is 0 Å². The highest BCUT2D eigenvalue weighted by molar-refractivity contribution is 7.18. The number of nitrogens with one attached hydrogen (secondary N) is 1. The number of fused-ring (bicyclic) bond motifs is 3. The Morgan fingerprint density at radius 1 is 1.25 bits per heavy atom. The van der Waals surface area contributed by atoms with E-state index < -0.39 is 0 Å². The van der Waals surface area contributed by atoms with E-state index >= 15 is 0 Å². The quantitative estimate of drug-likeness (QED) is 0.643. The Morgan fingerprint density at radius 2 is 2.06 bits per heavy atom. The van der Waals surface area contributed by atoms with Crippen LogP contribution in [0.3, 0.4) is 0 Å². The first-order chi connectivity index (χ1) is 7.55. The second kappa shape index (κ2) is 3.04. The summed E-state index contributed by atoms with van der Waals surface area (Å²) in [6, 6.07) is 4.18. The van der Waals surface area contributed by atoms with Gasteiger partial charge in [-0.15, -0.1) is 11.3 Å². The van der Waals surface area contributed by atoms with Crippen LogP contribution in [0.5, 0.6) is 0 Å². The van der Waals surface area contributed by atoms with Crippen molar-refractivity contribution < 1.29 is 0 Å². The van der Waals surface area contributed by atoms with Crippen molar-refractivity contribution in [3.05, 3.63) is 23.3 Å². The van der Waals surface area contributed by atoms with Crippen LogP contribution in [0.25, 0.3) is 21.1 Å². The van der Waals surface area contributed by atoms with Gasteiger partial charge in [-0.2, -0.15) is 5.10 Å². The van der Waals surface area contributed by atoms with Gasteiger partial charge in [0.1, 0.15) is 0 Å². The molecule has 3 nitrogen and oxygen atoms in total. The van der Waals surface area contributed by atoms with Gasteiger partial charge in [-0.1, -0.05) is 20.8 Å². The summed E-state index contributed by atoms with van der Waals surface area (Å²) in [5, 5.41) is 9.33. The van der Waals surface area contributed by atoms with Gasteiger partial charge in [0.05, 0.1) is 26.9 Å². The third-order valence-corrected chi connectivity index (χ3v) is 4.07. The molecule has 2 aromatic heterocycles. The fourth-order valence-electron chi connectivity index (χ4n) is 1.73. The number of aromatic nitrogens is 3. The summed E-state index contributed by atoms with van der Waals surface area (Å²) >= 11 is 1.77. The van der Waals surface area contributed by atoms with Crippen LogP contribution in [-0.2, 0) is 5.41 Å². The maximum absolute atomic E-state index is 4.74. The Hall–Kier alpha value is -1.42. The summed E-state index contributed by atoms with van der Waals surface area (Å²) in [5.74, 6) is 0. The van der Waals surface area contributed by atoms with Crippen LogP contribution in [-0.4, -0.2) is 15.2 Å². The average Bonchev–Trinajstić information content (AvgIpc) is 2.81. The van der Waals surface area contributed by atoms with Gasteiger partial charge >= 0.3 is 0 Å². The van der Waals surface area contributed by atoms with Crippen molar-refractivity contribution in [3.63, 3.8) is 0 Å². The maximum Gasteiger partial charge on any atom is 0.0992 e. The van der Waals surface area contributed by atoms with Gasteiger partial charge < -0.3 is 0 Å². The number of H-pyrrole nitrogens is 1. The van der Waals surface area contributed by atoms with Crippen LogP contribution in [0, 0.1) is 0 Å². The minimum absolute atomic E-state index is 0.111. The largest absolute Gasteiger partial charge is 0.278 e. The minimum Gasteiger partial charge on any atom is -0.278 e. The highest BCUT2D eigenvalue weighted by Crippen LogP contribution is 2.33. The Labute approximate surface area is 97.5 Å². The van der Waals surface area contributed by atoms with Crippen molar-refractivity contribution in [2.45, 2.75) is 26.2 Å². The maximum atomic E-state index is 4.74. The lowest BCUT2D eigenvalue weighted by Gasteiger charge is -2.13. The normalized spacial score (nSPS) is 12.7. The van der Waals surface area contributed by atoms with E-state index in [1.807, 2.05) is 6.20 Å². The zero-order valence-electron chi connectivity index (χ0n) is 9.53. The molecule has 3 rings (SSSR count). The summed E-state index contributed by atoms with van der Waals surface area (Å²) in [5.41, 5.74) is 2.24. The fraction of sp³-hybridized carbons (Fsp3) is 0.333. The molecule has 4 heteroatoms.